The predicted octanol–water partition coefficient (Wildman–Crippen LogP) is 2.74. The normalized spacial score (nSPS) is 18.7. The van der Waals surface area contributed by atoms with Gasteiger partial charge in [0.1, 0.15) is 0 Å². The highest BCUT2D eigenvalue weighted by Crippen LogP contribution is 2.15. The van der Waals surface area contributed by atoms with Crippen molar-refractivity contribution >= 4 is 5.91 Å². The third kappa shape index (κ3) is 4.79. The van der Waals surface area contributed by atoms with Gasteiger partial charge in [0.05, 0.1) is 0 Å². The average Bonchev–Trinajstić information content (AvgIpc) is 2.59. The lowest BCUT2D eigenvalue weighted by Gasteiger charge is -2.32. The van der Waals surface area contributed by atoms with Gasteiger partial charge in [0.15, 0.2) is 0 Å². The first kappa shape index (κ1) is 18.0. The molecule has 0 bridgehead atoms. The fraction of sp³-hybridized carbons (Fsp3) is 0.632. The minimum atomic E-state index is 0.160. The molecular formula is C19H31N3O. The SMILES string of the molecule is CCN(Cc1ccc(C(=O)N2CCCC(NC)C2)cc1)C(C)C. The number of nitrogens with one attached hydrogen (secondary N) is 1. The Labute approximate surface area is 140 Å². The summed E-state index contributed by atoms with van der Waals surface area (Å²) in [6.45, 7) is 10.3. The van der Waals surface area contributed by atoms with Crippen LogP contribution < -0.4 is 5.32 Å². The standard InChI is InChI=1S/C19H31N3O/c1-5-21(15(2)3)13-16-8-10-17(11-9-16)19(23)22-12-6-7-18(14-22)20-4/h8-11,15,18,20H,5-7,12-14H2,1-4H3. The van der Waals surface area contributed by atoms with Crippen LogP contribution in [0.15, 0.2) is 24.3 Å². The molecule has 1 amide bonds. The van der Waals surface area contributed by atoms with Crippen LogP contribution in [-0.4, -0.2) is 54.5 Å². The van der Waals surface area contributed by atoms with E-state index in [1.807, 2.05) is 24.1 Å². The topological polar surface area (TPSA) is 35.6 Å². The summed E-state index contributed by atoms with van der Waals surface area (Å²) in [6.07, 6.45) is 2.23. The summed E-state index contributed by atoms with van der Waals surface area (Å²) in [4.78, 5) is 17.0. The number of nitrogens with zero attached hydrogens (tertiary/aromatic N) is 2. The van der Waals surface area contributed by atoms with Crippen molar-refractivity contribution in [1.29, 1.82) is 0 Å². The molecule has 1 unspecified atom stereocenters. The zero-order valence-corrected chi connectivity index (χ0v) is 15.0. The Hall–Kier alpha value is -1.39. The number of rotatable bonds is 6. The number of benzene rings is 1. The molecule has 128 valence electrons. The van der Waals surface area contributed by atoms with Crippen molar-refractivity contribution in [2.75, 3.05) is 26.7 Å². The molecule has 1 atom stereocenters. The molecule has 1 aliphatic rings. The monoisotopic (exact) mass is 317 g/mol. The number of hydrogen-bond acceptors (Lipinski definition) is 3. The Morgan fingerprint density at radius 1 is 1.35 bits per heavy atom. The van der Waals surface area contributed by atoms with Crippen LogP contribution in [0.4, 0.5) is 0 Å². The van der Waals surface area contributed by atoms with E-state index in [9.17, 15) is 4.79 Å². The molecule has 4 nitrogen and oxygen atoms in total. The molecule has 0 aliphatic carbocycles. The van der Waals surface area contributed by atoms with Gasteiger partial charge in [0, 0.05) is 37.3 Å². The van der Waals surface area contributed by atoms with Crippen LogP contribution in [0.3, 0.4) is 0 Å². The predicted molar refractivity (Wildman–Crippen MR) is 95.6 cm³/mol. The third-order valence-corrected chi connectivity index (χ3v) is 4.84. The lowest BCUT2D eigenvalue weighted by Crippen LogP contribution is -2.46. The fourth-order valence-electron chi connectivity index (χ4n) is 3.23. The van der Waals surface area contributed by atoms with E-state index in [2.05, 4.69) is 43.1 Å². The first-order chi connectivity index (χ1) is 11.0. The smallest absolute Gasteiger partial charge is 0.253 e. The Morgan fingerprint density at radius 3 is 2.61 bits per heavy atom. The Morgan fingerprint density at radius 2 is 2.04 bits per heavy atom. The van der Waals surface area contributed by atoms with Gasteiger partial charge in [-0.25, -0.2) is 0 Å². The van der Waals surface area contributed by atoms with E-state index in [4.69, 9.17) is 0 Å². The Kier molecular flexibility index (Phi) is 6.60. The molecule has 1 saturated heterocycles. The maximum absolute atomic E-state index is 12.6. The van der Waals surface area contributed by atoms with Gasteiger partial charge in [-0.1, -0.05) is 19.1 Å². The number of piperidine rings is 1. The first-order valence-electron chi connectivity index (χ1n) is 8.84. The molecule has 2 rings (SSSR count). The number of likely N-dealkylation sites (N-methyl/N-ethyl adjacent to an activating group) is 1. The van der Waals surface area contributed by atoms with Crippen molar-refractivity contribution < 1.29 is 4.79 Å². The van der Waals surface area contributed by atoms with Crippen LogP contribution in [0.5, 0.6) is 0 Å². The summed E-state index contributed by atoms with van der Waals surface area (Å²) in [5.74, 6) is 0.160. The van der Waals surface area contributed by atoms with Crippen LogP contribution in [0.1, 0.15) is 49.5 Å². The van der Waals surface area contributed by atoms with Gasteiger partial charge in [-0.3, -0.25) is 9.69 Å². The van der Waals surface area contributed by atoms with Gasteiger partial charge < -0.3 is 10.2 Å². The zero-order valence-electron chi connectivity index (χ0n) is 15.0. The van der Waals surface area contributed by atoms with Crippen molar-refractivity contribution in [1.82, 2.24) is 15.1 Å². The van der Waals surface area contributed by atoms with Crippen molar-refractivity contribution in [3.05, 3.63) is 35.4 Å². The van der Waals surface area contributed by atoms with E-state index >= 15 is 0 Å². The van der Waals surface area contributed by atoms with E-state index in [1.165, 1.54) is 5.56 Å². The molecule has 1 fully saturated rings. The molecular weight excluding hydrogens is 286 g/mol. The summed E-state index contributed by atoms with van der Waals surface area (Å²) >= 11 is 0. The summed E-state index contributed by atoms with van der Waals surface area (Å²) in [6, 6.07) is 9.11. The van der Waals surface area contributed by atoms with Gasteiger partial charge in [-0.2, -0.15) is 0 Å². The number of carbonyl (C=O) groups is 1. The Bertz CT molecular complexity index is 498. The summed E-state index contributed by atoms with van der Waals surface area (Å²) in [5, 5.41) is 3.29. The minimum absolute atomic E-state index is 0.160. The van der Waals surface area contributed by atoms with E-state index in [-0.39, 0.29) is 5.91 Å². The van der Waals surface area contributed by atoms with Crippen molar-refractivity contribution in [3.63, 3.8) is 0 Å². The van der Waals surface area contributed by atoms with E-state index in [1.54, 1.807) is 0 Å². The molecule has 0 spiro atoms. The van der Waals surface area contributed by atoms with E-state index < -0.39 is 0 Å². The minimum Gasteiger partial charge on any atom is -0.337 e. The highest BCUT2D eigenvalue weighted by molar-refractivity contribution is 5.94. The lowest BCUT2D eigenvalue weighted by molar-refractivity contribution is 0.0698. The van der Waals surface area contributed by atoms with Crippen LogP contribution in [0.2, 0.25) is 0 Å². The van der Waals surface area contributed by atoms with Crippen molar-refractivity contribution in [3.8, 4) is 0 Å². The molecule has 1 heterocycles. The molecule has 1 N–H and O–H groups in total. The third-order valence-electron chi connectivity index (χ3n) is 4.84. The number of amides is 1. The van der Waals surface area contributed by atoms with Gasteiger partial charge in [-0.05, 0) is 58.0 Å². The lowest BCUT2D eigenvalue weighted by atomic mass is 10.0. The Balaban J connectivity index is 1.99. The second-order valence-corrected chi connectivity index (χ2v) is 6.73. The van der Waals surface area contributed by atoms with Gasteiger partial charge in [-0.15, -0.1) is 0 Å². The number of likely N-dealkylation sites (tertiary alicyclic amines) is 1. The average molecular weight is 317 g/mol. The molecule has 0 radical (unpaired) electrons. The van der Waals surface area contributed by atoms with Gasteiger partial charge >= 0.3 is 0 Å². The zero-order chi connectivity index (χ0) is 16.8. The largest absolute Gasteiger partial charge is 0.337 e. The summed E-state index contributed by atoms with van der Waals surface area (Å²) in [5.41, 5.74) is 2.07. The van der Waals surface area contributed by atoms with E-state index in [0.717, 1.165) is 44.6 Å². The molecule has 23 heavy (non-hydrogen) atoms. The highest BCUT2D eigenvalue weighted by atomic mass is 16.2. The molecule has 1 aliphatic heterocycles. The molecule has 1 aromatic carbocycles. The first-order valence-corrected chi connectivity index (χ1v) is 8.84. The second kappa shape index (κ2) is 8.46. The van der Waals surface area contributed by atoms with Crippen LogP contribution in [0.25, 0.3) is 0 Å². The number of hydrogen-bond donors (Lipinski definition) is 1. The van der Waals surface area contributed by atoms with E-state index in [0.29, 0.717) is 12.1 Å². The van der Waals surface area contributed by atoms with Crippen molar-refractivity contribution in [2.24, 2.45) is 0 Å². The fourth-order valence-corrected chi connectivity index (χ4v) is 3.23. The quantitative estimate of drug-likeness (QED) is 0.876. The molecule has 4 heteroatoms. The second-order valence-electron chi connectivity index (χ2n) is 6.73. The van der Waals surface area contributed by atoms with Gasteiger partial charge in [0.25, 0.3) is 5.91 Å². The molecule has 0 aromatic heterocycles. The van der Waals surface area contributed by atoms with Gasteiger partial charge in [0.2, 0.25) is 0 Å². The maximum Gasteiger partial charge on any atom is 0.253 e. The summed E-state index contributed by atoms with van der Waals surface area (Å²) < 4.78 is 0. The van der Waals surface area contributed by atoms with Crippen LogP contribution in [0, 0.1) is 0 Å². The highest BCUT2D eigenvalue weighted by Gasteiger charge is 2.23. The summed E-state index contributed by atoms with van der Waals surface area (Å²) in [7, 11) is 1.97. The maximum atomic E-state index is 12.6. The molecule has 0 saturated carbocycles. The van der Waals surface area contributed by atoms with Crippen LogP contribution >= 0.6 is 0 Å². The number of carbonyl (C=O) groups excluding carboxylic acids is 1. The van der Waals surface area contributed by atoms with Crippen LogP contribution in [-0.2, 0) is 6.54 Å². The van der Waals surface area contributed by atoms with Crippen molar-refractivity contribution in [2.45, 2.75) is 52.2 Å². The molecule has 1 aromatic rings.